The summed E-state index contributed by atoms with van der Waals surface area (Å²) in [5.41, 5.74) is 0.614. The van der Waals surface area contributed by atoms with Crippen LogP contribution in [0, 0.1) is 46.8 Å². The van der Waals surface area contributed by atoms with Gasteiger partial charge in [-0.2, -0.15) is 5.26 Å². The van der Waals surface area contributed by atoms with Crippen LogP contribution in [0.3, 0.4) is 0 Å². The van der Waals surface area contributed by atoms with E-state index in [1.54, 1.807) is 0 Å². The molecule has 0 N–H and O–H groups in total. The molecule has 3 rings (SSSR count). The van der Waals surface area contributed by atoms with Crippen LogP contribution in [0.2, 0.25) is 0 Å². The number of esters is 2. The summed E-state index contributed by atoms with van der Waals surface area (Å²) >= 11 is 1.38. The molecule has 0 aromatic heterocycles. The zero-order valence-electron chi connectivity index (χ0n) is 21.8. The highest BCUT2D eigenvalue weighted by atomic mass is 32.2. The fourth-order valence-corrected chi connectivity index (χ4v) is 5.79. The summed E-state index contributed by atoms with van der Waals surface area (Å²) in [6.07, 6.45) is 7.22. The molecule has 0 bridgehead atoms. The summed E-state index contributed by atoms with van der Waals surface area (Å²) < 4.78 is 22.3. The van der Waals surface area contributed by atoms with Crippen LogP contribution in [0.25, 0.3) is 0 Å². The number of hydrogen-bond donors (Lipinski definition) is 0. The van der Waals surface area contributed by atoms with Gasteiger partial charge in [0.1, 0.15) is 5.75 Å². The van der Waals surface area contributed by atoms with E-state index in [0.717, 1.165) is 57.1 Å². The summed E-state index contributed by atoms with van der Waals surface area (Å²) in [5, 5.41) is 8.93. The lowest BCUT2D eigenvalue weighted by atomic mass is 9.82. The van der Waals surface area contributed by atoms with Crippen molar-refractivity contribution in [3.63, 3.8) is 0 Å². The van der Waals surface area contributed by atoms with Crippen LogP contribution in [-0.2, 0) is 19.1 Å². The predicted molar refractivity (Wildman–Crippen MR) is 142 cm³/mol. The lowest BCUT2D eigenvalue weighted by Gasteiger charge is -2.27. The van der Waals surface area contributed by atoms with Gasteiger partial charge >= 0.3 is 11.9 Å². The maximum atomic E-state index is 11.9. The van der Waals surface area contributed by atoms with E-state index in [9.17, 15) is 9.59 Å². The van der Waals surface area contributed by atoms with Crippen LogP contribution >= 0.6 is 12.0 Å². The Hall–Kier alpha value is -2.84. The van der Waals surface area contributed by atoms with Crippen LogP contribution in [0.1, 0.15) is 70.8 Å². The van der Waals surface area contributed by atoms with E-state index in [2.05, 4.69) is 11.8 Å². The Bertz CT molecular complexity index is 994. The first-order valence-corrected chi connectivity index (χ1v) is 14.2. The van der Waals surface area contributed by atoms with Crippen molar-refractivity contribution in [1.29, 1.82) is 5.26 Å². The third kappa shape index (κ3) is 9.20. The van der Waals surface area contributed by atoms with E-state index >= 15 is 0 Å². The third-order valence-electron chi connectivity index (χ3n) is 7.08. The lowest BCUT2D eigenvalue weighted by Crippen LogP contribution is -2.26. The number of carbonyl (C=O) groups excluding carboxylic acids is 2. The Morgan fingerprint density at radius 1 is 0.919 bits per heavy atom. The molecule has 200 valence electrons. The molecular formula is C29H37NO6S. The quantitative estimate of drug-likeness (QED) is 0.205. The first-order valence-electron chi connectivity index (χ1n) is 13.3. The molecule has 0 saturated heterocycles. The zero-order chi connectivity index (χ0) is 26.5. The molecule has 2 fully saturated rings. The van der Waals surface area contributed by atoms with Gasteiger partial charge in [0.25, 0.3) is 0 Å². The number of hydrogen-bond acceptors (Lipinski definition) is 8. The number of rotatable bonds is 11. The Balaban J connectivity index is 1.46. The van der Waals surface area contributed by atoms with E-state index in [1.165, 1.54) is 12.0 Å². The van der Waals surface area contributed by atoms with Gasteiger partial charge < -0.3 is 18.4 Å². The van der Waals surface area contributed by atoms with Gasteiger partial charge in [-0.3, -0.25) is 9.59 Å². The maximum absolute atomic E-state index is 11.9. The number of nitriles is 1. The van der Waals surface area contributed by atoms with E-state index in [-0.39, 0.29) is 23.8 Å². The van der Waals surface area contributed by atoms with Crippen LogP contribution in [0.4, 0.5) is 0 Å². The molecule has 2 saturated carbocycles. The average Bonchev–Trinajstić information content (AvgIpc) is 2.92. The summed E-state index contributed by atoms with van der Waals surface area (Å²) in [5.74, 6) is 8.19. The number of benzene rings is 1. The first kappa shape index (κ1) is 28.7. The second kappa shape index (κ2) is 15.4. The number of carbonyl (C=O) groups is 2. The van der Waals surface area contributed by atoms with Gasteiger partial charge in [-0.15, -0.1) is 0 Å². The second-order valence-electron chi connectivity index (χ2n) is 9.64. The van der Waals surface area contributed by atoms with Crippen molar-refractivity contribution in [2.24, 2.45) is 23.7 Å². The normalized spacial score (nSPS) is 23.1. The van der Waals surface area contributed by atoms with Crippen molar-refractivity contribution < 1.29 is 28.0 Å². The van der Waals surface area contributed by atoms with Gasteiger partial charge in [-0.05, 0) is 101 Å². The fraction of sp³-hybridized carbons (Fsp3) is 0.621. The molecule has 0 atom stereocenters. The predicted octanol–water partition coefficient (Wildman–Crippen LogP) is 5.71. The number of ether oxygens (including phenoxy) is 3. The number of nitrogens with zero attached hydrogens (tertiary/aromatic N) is 1. The van der Waals surface area contributed by atoms with Crippen molar-refractivity contribution in [2.45, 2.75) is 65.2 Å². The highest BCUT2D eigenvalue weighted by Crippen LogP contribution is 2.34. The van der Waals surface area contributed by atoms with Crippen molar-refractivity contribution in [2.75, 3.05) is 25.6 Å². The van der Waals surface area contributed by atoms with Gasteiger partial charge in [0.05, 0.1) is 49.3 Å². The van der Waals surface area contributed by atoms with Gasteiger partial charge in [0.2, 0.25) is 0 Å². The summed E-state index contributed by atoms with van der Waals surface area (Å²) in [6.45, 7) is 5.11. The average molecular weight is 528 g/mol. The Morgan fingerprint density at radius 3 is 2.08 bits per heavy atom. The molecule has 2 aliphatic rings. The van der Waals surface area contributed by atoms with Crippen LogP contribution in [-0.4, -0.2) is 37.5 Å². The van der Waals surface area contributed by atoms with Crippen LogP contribution in [0.5, 0.6) is 11.5 Å². The van der Waals surface area contributed by atoms with E-state index in [1.807, 2.05) is 38.1 Å². The molecule has 7 nitrogen and oxygen atoms in total. The molecule has 0 heterocycles. The van der Waals surface area contributed by atoms with Crippen LogP contribution in [0.15, 0.2) is 18.2 Å². The van der Waals surface area contributed by atoms with Gasteiger partial charge in [-0.25, -0.2) is 0 Å². The summed E-state index contributed by atoms with van der Waals surface area (Å²) in [6, 6.07) is 7.37. The highest BCUT2D eigenvalue weighted by molar-refractivity contribution is 7.95. The molecule has 2 aliphatic carbocycles. The Kier molecular flexibility index (Phi) is 12.0. The molecular weight excluding hydrogens is 490 g/mol. The second-order valence-corrected chi connectivity index (χ2v) is 10.4. The SMILES string of the molecule is CCOC(=O)C1CCC(COc2ccc(OSCC3CCC(C(=O)OCC)CC3)c(C#CC#N)c2)CC1. The van der Waals surface area contributed by atoms with Crippen molar-refractivity contribution in [1.82, 2.24) is 0 Å². The lowest BCUT2D eigenvalue weighted by molar-refractivity contribution is -0.150. The maximum Gasteiger partial charge on any atom is 0.308 e. The molecule has 37 heavy (non-hydrogen) atoms. The minimum atomic E-state index is -0.0830. The van der Waals surface area contributed by atoms with E-state index < -0.39 is 0 Å². The largest absolute Gasteiger partial charge is 0.493 e. The molecule has 0 radical (unpaired) electrons. The molecule has 0 spiro atoms. The zero-order valence-corrected chi connectivity index (χ0v) is 22.6. The molecule has 0 amide bonds. The van der Waals surface area contributed by atoms with Crippen molar-refractivity contribution in [3.8, 4) is 29.4 Å². The Labute approximate surface area is 224 Å². The monoisotopic (exact) mass is 527 g/mol. The minimum Gasteiger partial charge on any atom is -0.493 e. The minimum absolute atomic E-state index is 0.00518. The molecule has 1 aromatic rings. The molecule has 1 aromatic carbocycles. The third-order valence-corrected chi connectivity index (χ3v) is 7.98. The molecule has 0 unspecified atom stereocenters. The van der Waals surface area contributed by atoms with Crippen molar-refractivity contribution in [3.05, 3.63) is 23.8 Å². The topological polar surface area (TPSA) is 94.8 Å². The van der Waals surface area contributed by atoms with E-state index in [4.69, 9.17) is 23.7 Å². The smallest absolute Gasteiger partial charge is 0.308 e. The molecule has 0 aliphatic heterocycles. The van der Waals surface area contributed by atoms with Crippen LogP contribution < -0.4 is 8.92 Å². The van der Waals surface area contributed by atoms with Gasteiger partial charge in [0, 0.05) is 11.7 Å². The Morgan fingerprint density at radius 2 is 1.51 bits per heavy atom. The molecule has 8 heteroatoms. The highest BCUT2D eigenvalue weighted by Gasteiger charge is 2.28. The van der Waals surface area contributed by atoms with E-state index in [0.29, 0.717) is 48.7 Å². The summed E-state index contributed by atoms with van der Waals surface area (Å²) in [7, 11) is 0. The first-order chi connectivity index (χ1) is 18.0. The van der Waals surface area contributed by atoms with Gasteiger partial charge in [-0.1, -0.05) is 0 Å². The van der Waals surface area contributed by atoms with Crippen molar-refractivity contribution >= 4 is 24.0 Å². The van der Waals surface area contributed by atoms with Gasteiger partial charge in [0.15, 0.2) is 11.8 Å². The summed E-state index contributed by atoms with van der Waals surface area (Å²) in [4.78, 5) is 23.9. The standard InChI is InChI=1S/C29H37NO6S/c1-3-33-28(31)23-11-7-21(8-12-23)19-35-26-15-16-27(25(18-26)6-5-17-30)36-37-20-22-9-13-24(14-10-22)29(32)34-4-2/h15-16,18,21-24H,3-4,7-14,19-20H2,1-2H3. The fourth-order valence-electron chi connectivity index (χ4n) is 4.92.